The van der Waals surface area contributed by atoms with Gasteiger partial charge in [0.05, 0.1) is 30.5 Å². The van der Waals surface area contributed by atoms with E-state index in [-0.39, 0.29) is 23.7 Å². The molecule has 32 heavy (non-hydrogen) atoms. The van der Waals surface area contributed by atoms with Crippen molar-refractivity contribution in [2.24, 2.45) is 0 Å². The Morgan fingerprint density at radius 3 is 2.62 bits per heavy atom. The van der Waals surface area contributed by atoms with Crippen molar-refractivity contribution in [1.82, 2.24) is 4.90 Å². The van der Waals surface area contributed by atoms with E-state index < -0.39 is 0 Å². The number of carbonyl (C=O) groups is 1. The van der Waals surface area contributed by atoms with Gasteiger partial charge >= 0.3 is 0 Å². The molecular weight excluding hydrogens is 404 g/mol. The lowest BCUT2D eigenvalue weighted by Crippen LogP contribution is -2.52. The maximum Gasteiger partial charge on any atom is 0.253 e. The quantitative estimate of drug-likeness (QED) is 0.693. The fourth-order valence-electron chi connectivity index (χ4n) is 4.92. The van der Waals surface area contributed by atoms with E-state index in [0.29, 0.717) is 36.6 Å². The van der Waals surface area contributed by atoms with E-state index in [4.69, 9.17) is 14.2 Å². The Bertz CT molecular complexity index is 977. The van der Waals surface area contributed by atoms with Crippen molar-refractivity contribution in [3.8, 4) is 11.8 Å². The van der Waals surface area contributed by atoms with Crippen LogP contribution in [0.1, 0.15) is 60.2 Å². The van der Waals surface area contributed by atoms with Crippen molar-refractivity contribution in [2.75, 3.05) is 26.8 Å². The highest BCUT2D eigenvalue weighted by molar-refractivity contribution is 5.95. The zero-order valence-electron chi connectivity index (χ0n) is 18.8. The molecule has 2 aromatic carbocycles. The average Bonchev–Trinajstić information content (AvgIpc) is 2.84. The van der Waals surface area contributed by atoms with Gasteiger partial charge in [0.2, 0.25) is 0 Å². The molecule has 2 unspecified atom stereocenters. The van der Waals surface area contributed by atoms with Crippen LogP contribution >= 0.6 is 0 Å². The molecule has 0 N–H and O–H groups in total. The second-order valence-electron chi connectivity index (χ2n) is 8.54. The van der Waals surface area contributed by atoms with Gasteiger partial charge in [0.25, 0.3) is 5.91 Å². The molecule has 0 radical (unpaired) electrons. The summed E-state index contributed by atoms with van der Waals surface area (Å²) >= 11 is 0. The van der Waals surface area contributed by atoms with Gasteiger partial charge in [-0.2, -0.15) is 5.26 Å². The summed E-state index contributed by atoms with van der Waals surface area (Å²) in [5, 5.41) is 9.34. The van der Waals surface area contributed by atoms with Crippen LogP contribution in [0.4, 0.5) is 0 Å². The summed E-state index contributed by atoms with van der Waals surface area (Å²) in [5.74, 6) is 0.418. The van der Waals surface area contributed by atoms with Crippen molar-refractivity contribution in [1.29, 1.82) is 5.26 Å². The number of piperidine rings is 1. The van der Waals surface area contributed by atoms with Crippen molar-refractivity contribution in [3.05, 3.63) is 65.2 Å². The maximum absolute atomic E-state index is 13.1. The number of nitriles is 1. The molecule has 2 fully saturated rings. The lowest BCUT2D eigenvalue weighted by atomic mass is 9.80. The van der Waals surface area contributed by atoms with Gasteiger partial charge in [-0.25, -0.2) is 0 Å². The minimum absolute atomic E-state index is 0.00327. The van der Waals surface area contributed by atoms with Gasteiger partial charge in [0.1, 0.15) is 11.8 Å². The Hall–Kier alpha value is -2.88. The Morgan fingerprint density at radius 2 is 1.97 bits per heavy atom. The van der Waals surface area contributed by atoms with E-state index in [2.05, 4.69) is 18.2 Å². The van der Waals surface area contributed by atoms with Crippen LogP contribution < -0.4 is 4.74 Å². The first-order chi connectivity index (χ1) is 15.6. The summed E-state index contributed by atoms with van der Waals surface area (Å²) in [6.45, 7) is 3.96. The normalized spacial score (nSPS) is 22.3. The molecular formula is C26H30N2O4. The number of likely N-dealkylation sites (tertiary alicyclic amines) is 1. The van der Waals surface area contributed by atoms with Crippen LogP contribution in [0.5, 0.6) is 5.75 Å². The number of amides is 1. The SMILES string of the molecule is CCOC1CC(c2ccccc2)OC2(CCN(C(=O)c3ccc(OC)c(C#N)c3)CC2)C1. The largest absolute Gasteiger partial charge is 0.495 e. The molecule has 6 heteroatoms. The minimum Gasteiger partial charge on any atom is -0.495 e. The van der Waals surface area contributed by atoms with Crippen molar-refractivity contribution < 1.29 is 19.0 Å². The molecule has 168 valence electrons. The third kappa shape index (κ3) is 4.64. The predicted octanol–water partition coefficient (Wildman–Crippen LogP) is 4.50. The predicted molar refractivity (Wildman–Crippen MR) is 120 cm³/mol. The summed E-state index contributed by atoms with van der Waals surface area (Å²) in [4.78, 5) is 15.0. The number of rotatable bonds is 5. The topological polar surface area (TPSA) is 71.8 Å². The first-order valence-electron chi connectivity index (χ1n) is 11.3. The second kappa shape index (κ2) is 9.72. The third-order valence-corrected chi connectivity index (χ3v) is 6.57. The number of methoxy groups -OCH3 is 1. The third-order valence-electron chi connectivity index (χ3n) is 6.57. The Kier molecular flexibility index (Phi) is 6.78. The lowest BCUT2D eigenvalue weighted by molar-refractivity contribution is -0.190. The van der Waals surface area contributed by atoms with Gasteiger partial charge < -0.3 is 19.1 Å². The fourth-order valence-corrected chi connectivity index (χ4v) is 4.92. The number of nitrogens with zero attached hydrogens (tertiary/aromatic N) is 2. The maximum atomic E-state index is 13.1. The van der Waals surface area contributed by atoms with E-state index in [1.54, 1.807) is 18.2 Å². The van der Waals surface area contributed by atoms with E-state index in [1.807, 2.05) is 30.0 Å². The Morgan fingerprint density at radius 1 is 1.22 bits per heavy atom. The van der Waals surface area contributed by atoms with Gasteiger partial charge in [-0.05, 0) is 43.5 Å². The monoisotopic (exact) mass is 434 g/mol. The average molecular weight is 435 g/mol. The van der Waals surface area contributed by atoms with Crippen LogP contribution in [0.25, 0.3) is 0 Å². The molecule has 2 heterocycles. The highest BCUT2D eigenvalue weighted by Crippen LogP contribution is 2.44. The first kappa shape index (κ1) is 22.3. The molecule has 0 bridgehead atoms. The molecule has 1 amide bonds. The smallest absolute Gasteiger partial charge is 0.253 e. The van der Waals surface area contributed by atoms with Crippen LogP contribution in [0, 0.1) is 11.3 Å². The summed E-state index contributed by atoms with van der Waals surface area (Å²) in [6, 6.07) is 17.4. The van der Waals surface area contributed by atoms with Crippen LogP contribution in [-0.2, 0) is 9.47 Å². The molecule has 2 atom stereocenters. The summed E-state index contributed by atoms with van der Waals surface area (Å²) in [7, 11) is 1.52. The Labute approximate surface area is 189 Å². The van der Waals surface area contributed by atoms with Crippen molar-refractivity contribution >= 4 is 5.91 Å². The molecule has 2 aliphatic rings. The molecule has 4 rings (SSSR count). The number of benzene rings is 2. The molecule has 2 aliphatic heterocycles. The zero-order chi connectivity index (χ0) is 22.6. The van der Waals surface area contributed by atoms with Gasteiger partial charge in [-0.3, -0.25) is 4.79 Å². The van der Waals surface area contributed by atoms with E-state index in [1.165, 1.54) is 12.7 Å². The highest BCUT2D eigenvalue weighted by atomic mass is 16.5. The van der Waals surface area contributed by atoms with E-state index in [0.717, 1.165) is 25.7 Å². The lowest BCUT2D eigenvalue weighted by Gasteiger charge is -2.48. The molecule has 0 aliphatic carbocycles. The van der Waals surface area contributed by atoms with Gasteiger partial charge in [0.15, 0.2) is 0 Å². The van der Waals surface area contributed by atoms with Crippen molar-refractivity contribution in [3.63, 3.8) is 0 Å². The van der Waals surface area contributed by atoms with Crippen LogP contribution in [0.2, 0.25) is 0 Å². The molecule has 2 saturated heterocycles. The van der Waals surface area contributed by atoms with E-state index in [9.17, 15) is 10.1 Å². The van der Waals surface area contributed by atoms with Crippen LogP contribution in [-0.4, -0.2) is 49.3 Å². The molecule has 6 nitrogen and oxygen atoms in total. The minimum atomic E-state index is -0.285. The first-order valence-corrected chi connectivity index (χ1v) is 11.3. The zero-order valence-corrected chi connectivity index (χ0v) is 18.8. The van der Waals surface area contributed by atoms with Crippen molar-refractivity contribution in [2.45, 2.75) is 50.4 Å². The number of hydrogen-bond acceptors (Lipinski definition) is 5. The molecule has 0 aromatic heterocycles. The van der Waals surface area contributed by atoms with Gasteiger partial charge in [0, 0.05) is 38.1 Å². The van der Waals surface area contributed by atoms with Gasteiger partial charge in [-0.15, -0.1) is 0 Å². The number of carbonyl (C=O) groups excluding carboxylic acids is 1. The fraction of sp³-hybridized carbons (Fsp3) is 0.462. The summed E-state index contributed by atoms with van der Waals surface area (Å²) in [5.41, 5.74) is 1.77. The number of hydrogen-bond donors (Lipinski definition) is 0. The molecule has 2 aromatic rings. The van der Waals surface area contributed by atoms with Gasteiger partial charge in [-0.1, -0.05) is 30.3 Å². The number of ether oxygens (including phenoxy) is 3. The highest BCUT2D eigenvalue weighted by Gasteiger charge is 2.45. The summed E-state index contributed by atoms with van der Waals surface area (Å²) < 4.78 is 17.9. The standard InChI is InChI=1S/C26H30N2O4/c1-3-31-22-16-24(19-7-5-4-6-8-19)32-26(17-22)11-13-28(14-12-26)25(29)20-9-10-23(30-2)21(15-20)18-27/h4-10,15,22,24H,3,11-14,16-17H2,1-2H3. The van der Waals surface area contributed by atoms with E-state index >= 15 is 0 Å². The van der Waals surface area contributed by atoms with Crippen LogP contribution in [0.3, 0.4) is 0 Å². The molecule has 0 saturated carbocycles. The summed E-state index contributed by atoms with van der Waals surface area (Å²) in [6.07, 6.45) is 3.41. The Balaban J connectivity index is 1.47. The second-order valence-corrected chi connectivity index (χ2v) is 8.54. The van der Waals surface area contributed by atoms with Crippen LogP contribution in [0.15, 0.2) is 48.5 Å². The molecule has 1 spiro atoms.